The Morgan fingerprint density at radius 3 is 2.25 bits per heavy atom. The molecule has 0 aliphatic rings. The number of hydrogen-bond acceptors (Lipinski definition) is 5. The molecule has 0 heterocycles. The molecule has 2 N–H and O–H groups in total. The maximum Gasteiger partial charge on any atom is 0.338 e. The standard InChI is InChI=1S/C19H21FN2O5S/c1-3-13(2)22-28(25,26)17-10-4-14(5-11-17)19(24)27-12-18(23)21-16-8-6-15(20)7-9-16/h4-11,13,22H,3,12H2,1-2H3,(H,21,23)/t13-/m0/s1. The lowest BCUT2D eigenvalue weighted by Gasteiger charge is -2.12. The van der Waals surface area contributed by atoms with E-state index in [1.165, 1.54) is 48.5 Å². The molecule has 2 rings (SSSR count). The second-order valence-corrected chi connectivity index (χ2v) is 7.80. The van der Waals surface area contributed by atoms with E-state index in [1.807, 2.05) is 6.92 Å². The van der Waals surface area contributed by atoms with Gasteiger partial charge in [-0.2, -0.15) is 0 Å². The quantitative estimate of drug-likeness (QED) is 0.654. The Morgan fingerprint density at radius 2 is 1.68 bits per heavy atom. The molecule has 2 aromatic rings. The van der Waals surface area contributed by atoms with Crippen LogP contribution >= 0.6 is 0 Å². The number of rotatable bonds is 8. The molecule has 1 atom stereocenters. The number of carbonyl (C=O) groups is 2. The average molecular weight is 408 g/mol. The van der Waals surface area contributed by atoms with Gasteiger partial charge in [0.1, 0.15) is 5.82 Å². The van der Waals surface area contributed by atoms with Gasteiger partial charge in [0.15, 0.2) is 6.61 Å². The molecule has 1 amide bonds. The van der Waals surface area contributed by atoms with E-state index in [0.717, 1.165) is 0 Å². The molecule has 0 spiro atoms. The van der Waals surface area contributed by atoms with E-state index >= 15 is 0 Å². The summed E-state index contributed by atoms with van der Waals surface area (Å²) in [5, 5.41) is 2.46. The molecule has 0 bridgehead atoms. The summed E-state index contributed by atoms with van der Waals surface area (Å²) in [4.78, 5) is 23.8. The molecular weight excluding hydrogens is 387 g/mol. The first-order valence-corrected chi connectivity index (χ1v) is 10.0. The van der Waals surface area contributed by atoms with Crippen LogP contribution in [0.2, 0.25) is 0 Å². The minimum Gasteiger partial charge on any atom is -0.452 e. The Hall–Kier alpha value is -2.78. The van der Waals surface area contributed by atoms with Gasteiger partial charge in [0, 0.05) is 11.7 Å². The van der Waals surface area contributed by atoms with Gasteiger partial charge in [-0.25, -0.2) is 22.3 Å². The van der Waals surface area contributed by atoms with Crippen molar-refractivity contribution < 1.29 is 27.1 Å². The molecule has 0 radical (unpaired) electrons. The lowest BCUT2D eigenvalue weighted by Crippen LogP contribution is -2.32. The van der Waals surface area contributed by atoms with E-state index in [9.17, 15) is 22.4 Å². The molecule has 2 aromatic carbocycles. The average Bonchev–Trinajstić information content (AvgIpc) is 2.67. The first kappa shape index (κ1) is 21.5. The monoisotopic (exact) mass is 408 g/mol. The molecule has 0 saturated carbocycles. The van der Waals surface area contributed by atoms with E-state index in [0.29, 0.717) is 12.1 Å². The maximum atomic E-state index is 12.8. The van der Waals surface area contributed by atoms with Crippen molar-refractivity contribution in [1.29, 1.82) is 0 Å². The predicted molar refractivity (Wildman–Crippen MR) is 102 cm³/mol. The highest BCUT2D eigenvalue weighted by atomic mass is 32.2. The minimum atomic E-state index is -3.67. The van der Waals surface area contributed by atoms with Gasteiger partial charge in [-0.15, -0.1) is 0 Å². The molecule has 0 unspecified atom stereocenters. The topological polar surface area (TPSA) is 102 Å². The van der Waals surface area contributed by atoms with Crippen LogP contribution in [0.4, 0.5) is 10.1 Å². The molecule has 150 valence electrons. The van der Waals surface area contributed by atoms with Gasteiger partial charge in [-0.1, -0.05) is 6.92 Å². The molecule has 0 aromatic heterocycles. The van der Waals surface area contributed by atoms with Crippen LogP contribution in [0.3, 0.4) is 0 Å². The SMILES string of the molecule is CC[C@H](C)NS(=O)(=O)c1ccc(C(=O)OCC(=O)Nc2ccc(F)cc2)cc1. The molecule has 9 heteroatoms. The number of sulfonamides is 1. The molecule has 0 saturated heterocycles. The third kappa shape index (κ3) is 6.14. The summed E-state index contributed by atoms with van der Waals surface area (Å²) in [5.41, 5.74) is 0.475. The Labute approximate surface area is 163 Å². The van der Waals surface area contributed by atoms with Gasteiger partial charge in [0.2, 0.25) is 10.0 Å². The highest BCUT2D eigenvalue weighted by molar-refractivity contribution is 7.89. The summed E-state index contributed by atoms with van der Waals surface area (Å²) >= 11 is 0. The third-order valence-electron chi connectivity index (χ3n) is 3.83. The Kier molecular flexibility index (Phi) is 7.24. The van der Waals surface area contributed by atoms with Crippen LogP contribution in [0.15, 0.2) is 53.4 Å². The van der Waals surface area contributed by atoms with Crippen LogP contribution < -0.4 is 10.0 Å². The molecule has 7 nitrogen and oxygen atoms in total. The summed E-state index contributed by atoms with van der Waals surface area (Å²) in [6, 6.07) is 10.1. The van der Waals surface area contributed by atoms with Gasteiger partial charge in [0.05, 0.1) is 10.5 Å². The van der Waals surface area contributed by atoms with Gasteiger partial charge in [-0.05, 0) is 61.9 Å². The fourth-order valence-corrected chi connectivity index (χ4v) is 3.46. The van der Waals surface area contributed by atoms with Gasteiger partial charge >= 0.3 is 5.97 Å². The molecule has 0 fully saturated rings. The first-order valence-electron chi connectivity index (χ1n) is 8.56. The smallest absolute Gasteiger partial charge is 0.338 e. The molecule has 28 heavy (non-hydrogen) atoms. The van der Waals surface area contributed by atoms with Crippen molar-refractivity contribution in [1.82, 2.24) is 4.72 Å². The first-order chi connectivity index (χ1) is 13.2. The maximum absolute atomic E-state index is 12.8. The molecule has 0 aliphatic carbocycles. The number of nitrogens with one attached hydrogen (secondary N) is 2. The van der Waals surface area contributed by atoms with Gasteiger partial charge < -0.3 is 10.1 Å². The van der Waals surface area contributed by atoms with Crippen molar-refractivity contribution in [2.75, 3.05) is 11.9 Å². The summed E-state index contributed by atoms with van der Waals surface area (Å²) < 4.78 is 44.6. The number of hydrogen-bond donors (Lipinski definition) is 2. The molecule has 0 aliphatic heterocycles. The zero-order chi connectivity index (χ0) is 20.7. The highest BCUT2D eigenvalue weighted by Crippen LogP contribution is 2.13. The Bertz CT molecular complexity index is 928. The second kappa shape index (κ2) is 9.43. The summed E-state index contributed by atoms with van der Waals surface area (Å²) in [6.45, 7) is 3.07. The van der Waals surface area contributed by atoms with E-state index in [4.69, 9.17) is 4.74 Å². The number of benzene rings is 2. The van der Waals surface area contributed by atoms with E-state index in [2.05, 4.69) is 10.0 Å². The van der Waals surface area contributed by atoms with Crippen molar-refractivity contribution in [3.8, 4) is 0 Å². The van der Waals surface area contributed by atoms with Gasteiger partial charge in [-0.3, -0.25) is 4.79 Å². The van der Waals surface area contributed by atoms with Crippen LogP contribution in [-0.4, -0.2) is 32.9 Å². The van der Waals surface area contributed by atoms with Crippen molar-refractivity contribution >= 4 is 27.6 Å². The largest absolute Gasteiger partial charge is 0.452 e. The van der Waals surface area contributed by atoms with Gasteiger partial charge in [0.25, 0.3) is 5.91 Å². The van der Waals surface area contributed by atoms with Crippen LogP contribution in [0, 0.1) is 5.82 Å². The fourth-order valence-electron chi connectivity index (χ4n) is 2.13. The van der Waals surface area contributed by atoms with Crippen LogP contribution in [0.5, 0.6) is 0 Å². The highest BCUT2D eigenvalue weighted by Gasteiger charge is 2.17. The third-order valence-corrected chi connectivity index (χ3v) is 5.44. The van der Waals surface area contributed by atoms with Crippen LogP contribution in [0.1, 0.15) is 30.6 Å². The summed E-state index contributed by atoms with van der Waals surface area (Å²) in [7, 11) is -3.67. The van der Waals surface area contributed by atoms with Crippen molar-refractivity contribution in [3.05, 3.63) is 59.9 Å². The van der Waals surface area contributed by atoms with E-state index < -0.39 is 34.3 Å². The second-order valence-electron chi connectivity index (χ2n) is 6.09. The predicted octanol–water partition coefficient (Wildman–Crippen LogP) is 2.70. The van der Waals surface area contributed by atoms with E-state index in [1.54, 1.807) is 6.92 Å². The lowest BCUT2D eigenvalue weighted by molar-refractivity contribution is -0.119. The molecular formula is C19H21FN2O5S. The normalized spacial score (nSPS) is 12.2. The number of ether oxygens (including phenoxy) is 1. The summed E-state index contributed by atoms with van der Waals surface area (Å²) in [5.74, 6) is -1.79. The van der Waals surface area contributed by atoms with Crippen molar-refractivity contribution in [3.63, 3.8) is 0 Å². The minimum absolute atomic E-state index is 0.0263. The fraction of sp³-hybridized carbons (Fsp3) is 0.263. The number of amides is 1. The Morgan fingerprint density at radius 1 is 1.07 bits per heavy atom. The zero-order valence-corrected chi connectivity index (χ0v) is 16.3. The number of halogens is 1. The Balaban J connectivity index is 1.92. The summed E-state index contributed by atoms with van der Waals surface area (Å²) in [6.07, 6.45) is 0.642. The van der Waals surface area contributed by atoms with Crippen LogP contribution in [0.25, 0.3) is 0 Å². The number of carbonyl (C=O) groups excluding carboxylic acids is 2. The van der Waals surface area contributed by atoms with Crippen molar-refractivity contribution in [2.24, 2.45) is 0 Å². The van der Waals surface area contributed by atoms with E-state index in [-0.39, 0.29) is 16.5 Å². The van der Waals surface area contributed by atoms with Crippen molar-refractivity contribution in [2.45, 2.75) is 31.2 Å². The van der Waals surface area contributed by atoms with Crippen LogP contribution in [-0.2, 0) is 19.6 Å². The number of esters is 1. The zero-order valence-electron chi connectivity index (χ0n) is 15.4. The lowest BCUT2D eigenvalue weighted by atomic mass is 10.2. The number of anilines is 1.